The van der Waals surface area contributed by atoms with Crippen molar-refractivity contribution < 1.29 is 9.47 Å². The molecular weight excluding hydrogens is 282 g/mol. The molecule has 0 saturated carbocycles. The maximum absolute atomic E-state index is 5.61. The molecule has 0 bridgehead atoms. The minimum absolute atomic E-state index is 0.486. The molecule has 1 heterocycles. The monoisotopic (exact) mass is 303 g/mol. The number of ether oxygens (including phenoxy) is 2. The summed E-state index contributed by atoms with van der Waals surface area (Å²) < 4.78 is 10.7. The molecule has 0 fully saturated rings. The van der Waals surface area contributed by atoms with Crippen molar-refractivity contribution in [2.24, 2.45) is 0 Å². The SMILES string of the molecule is CCCNc1cnnc(NCCOc2ccc(OC)cc2)n1. The van der Waals surface area contributed by atoms with E-state index in [9.17, 15) is 0 Å². The molecule has 118 valence electrons. The van der Waals surface area contributed by atoms with E-state index in [0.29, 0.717) is 19.1 Å². The van der Waals surface area contributed by atoms with Crippen molar-refractivity contribution in [3.05, 3.63) is 30.5 Å². The first-order chi connectivity index (χ1) is 10.8. The van der Waals surface area contributed by atoms with Gasteiger partial charge in [-0.3, -0.25) is 0 Å². The van der Waals surface area contributed by atoms with E-state index in [1.54, 1.807) is 13.3 Å². The predicted octanol–water partition coefficient (Wildman–Crippen LogP) is 2.19. The summed E-state index contributed by atoms with van der Waals surface area (Å²) in [6.07, 6.45) is 2.64. The van der Waals surface area contributed by atoms with Crippen LogP contribution in [-0.2, 0) is 0 Å². The number of methoxy groups -OCH3 is 1. The summed E-state index contributed by atoms with van der Waals surface area (Å²) in [6, 6.07) is 7.45. The fourth-order valence-electron chi connectivity index (χ4n) is 1.72. The zero-order chi connectivity index (χ0) is 15.6. The Kier molecular flexibility index (Phi) is 6.22. The van der Waals surface area contributed by atoms with Crippen molar-refractivity contribution in [1.29, 1.82) is 0 Å². The van der Waals surface area contributed by atoms with Crippen LogP contribution >= 0.6 is 0 Å². The van der Waals surface area contributed by atoms with Crippen LogP contribution in [-0.4, -0.2) is 42.0 Å². The fourth-order valence-corrected chi connectivity index (χ4v) is 1.72. The van der Waals surface area contributed by atoms with Crippen LogP contribution in [0.4, 0.5) is 11.8 Å². The zero-order valence-corrected chi connectivity index (χ0v) is 12.9. The Bertz CT molecular complexity index is 562. The molecule has 0 unspecified atom stereocenters. The third-order valence-corrected chi connectivity index (χ3v) is 2.83. The summed E-state index contributed by atoms with van der Waals surface area (Å²) in [6.45, 7) is 4.04. The van der Waals surface area contributed by atoms with Gasteiger partial charge in [0, 0.05) is 6.54 Å². The lowest BCUT2D eigenvalue weighted by atomic mass is 10.3. The molecule has 7 heteroatoms. The topological polar surface area (TPSA) is 81.2 Å². The fraction of sp³-hybridized carbons (Fsp3) is 0.400. The molecule has 0 aliphatic heterocycles. The first-order valence-corrected chi connectivity index (χ1v) is 7.26. The average molecular weight is 303 g/mol. The molecule has 0 amide bonds. The second-order valence-corrected chi connectivity index (χ2v) is 4.54. The maximum atomic E-state index is 5.61. The molecule has 7 nitrogen and oxygen atoms in total. The van der Waals surface area contributed by atoms with Crippen molar-refractivity contribution in [2.75, 3.05) is 37.4 Å². The van der Waals surface area contributed by atoms with Gasteiger partial charge in [0.05, 0.1) is 19.9 Å². The van der Waals surface area contributed by atoms with Crippen LogP contribution in [0.15, 0.2) is 30.5 Å². The quantitative estimate of drug-likeness (QED) is 0.687. The predicted molar refractivity (Wildman–Crippen MR) is 85.6 cm³/mol. The van der Waals surface area contributed by atoms with Crippen LogP contribution in [0.5, 0.6) is 11.5 Å². The number of nitrogens with one attached hydrogen (secondary N) is 2. The van der Waals surface area contributed by atoms with Gasteiger partial charge in [0.2, 0.25) is 5.95 Å². The van der Waals surface area contributed by atoms with Crippen molar-refractivity contribution in [1.82, 2.24) is 15.2 Å². The minimum atomic E-state index is 0.486. The molecule has 0 aliphatic rings. The molecular formula is C15H21N5O2. The molecule has 1 aromatic heterocycles. The first-order valence-electron chi connectivity index (χ1n) is 7.26. The summed E-state index contributed by atoms with van der Waals surface area (Å²) in [7, 11) is 1.64. The Labute approximate surface area is 130 Å². The Morgan fingerprint density at radius 3 is 2.55 bits per heavy atom. The summed E-state index contributed by atoms with van der Waals surface area (Å²) in [5.74, 6) is 2.80. The van der Waals surface area contributed by atoms with Crippen LogP contribution in [0.25, 0.3) is 0 Å². The number of nitrogens with zero attached hydrogens (tertiary/aromatic N) is 3. The lowest BCUT2D eigenvalue weighted by molar-refractivity contribution is 0.331. The van der Waals surface area contributed by atoms with E-state index in [-0.39, 0.29) is 0 Å². The maximum Gasteiger partial charge on any atom is 0.244 e. The normalized spacial score (nSPS) is 10.1. The molecule has 0 saturated heterocycles. The summed E-state index contributed by atoms with van der Waals surface area (Å²) in [5.41, 5.74) is 0. The highest BCUT2D eigenvalue weighted by Crippen LogP contribution is 2.16. The van der Waals surface area contributed by atoms with E-state index in [4.69, 9.17) is 9.47 Å². The summed E-state index contributed by atoms with van der Waals surface area (Å²) in [4.78, 5) is 4.31. The van der Waals surface area contributed by atoms with Gasteiger partial charge in [-0.15, -0.1) is 5.10 Å². The van der Waals surface area contributed by atoms with Crippen molar-refractivity contribution in [2.45, 2.75) is 13.3 Å². The molecule has 0 radical (unpaired) electrons. The lowest BCUT2D eigenvalue weighted by Crippen LogP contribution is -2.14. The molecule has 0 aliphatic carbocycles. The first kappa shape index (κ1) is 15.8. The standard InChI is InChI=1S/C15H21N5O2/c1-3-8-16-14-11-18-20-15(19-14)17-9-10-22-13-6-4-12(21-2)5-7-13/h4-7,11H,3,8-10H2,1-2H3,(H2,16,17,19,20). The van der Waals surface area contributed by atoms with Crippen LogP contribution < -0.4 is 20.1 Å². The van der Waals surface area contributed by atoms with E-state index >= 15 is 0 Å². The van der Waals surface area contributed by atoms with Crippen LogP contribution in [0.1, 0.15) is 13.3 Å². The molecule has 0 atom stereocenters. The van der Waals surface area contributed by atoms with Gasteiger partial charge in [-0.25, -0.2) is 0 Å². The number of rotatable bonds is 9. The van der Waals surface area contributed by atoms with Gasteiger partial charge in [-0.2, -0.15) is 10.1 Å². The highest BCUT2D eigenvalue weighted by atomic mass is 16.5. The van der Waals surface area contributed by atoms with E-state index in [0.717, 1.165) is 30.3 Å². The summed E-state index contributed by atoms with van der Waals surface area (Å²) >= 11 is 0. The zero-order valence-electron chi connectivity index (χ0n) is 12.9. The van der Waals surface area contributed by atoms with Gasteiger partial charge >= 0.3 is 0 Å². The van der Waals surface area contributed by atoms with Crippen LogP contribution in [0.2, 0.25) is 0 Å². The molecule has 22 heavy (non-hydrogen) atoms. The highest BCUT2D eigenvalue weighted by molar-refractivity contribution is 5.36. The van der Waals surface area contributed by atoms with Gasteiger partial charge in [-0.05, 0) is 30.7 Å². The number of hydrogen-bond acceptors (Lipinski definition) is 7. The molecule has 0 spiro atoms. The van der Waals surface area contributed by atoms with E-state index in [1.807, 2.05) is 24.3 Å². The average Bonchev–Trinajstić information content (AvgIpc) is 2.58. The van der Waals surface area contributed by atoms with Gasteiger partial charge in [0.1, 0.15) is 23.9 Å². The van der Waals surface area contributed by atoms with Crippen molar-refractivity contribution in [3.8, 4) is 11.5 Å². The number of aromatic nitrogens is 3. The Morgan fingerprint density at radius 1 is 1.05 bits per heavy atom. The Morgan fingerprint density at radius 2 is 1.82 bits per heavy atom. The third-order valence-electron chi connectivity index (χ3n) is 2.83. The number of anilines is 2. The van der Waals surface area contributed by atoms with E-state index in [1.165, 1.54) is 0 Å². The van der Waals surface area contributed by atoms with E-state index < -0.39 is 0 Å². The second kappa shape index (κ2) is 8.66. The third kappa shape index (κ3) is 5.08. The molecule has 2 rings (SSSR count). The second-order valence-electron chi connectivity index (χ2n) is 4.54. The molecule has 2 N–H and O–H groups in total. The van der Waals surface area contributed by atoms with Crippen LogP contribution in [0.3, 0.4) is 0 Å². The van der Waals surface area contributed by atoms with E-state index in [2.05, 4.69) is 32.7 Å². The highest BCUT2D eigenvalue weighted by Gasteiger charge is 2.00. The number of hydrogen-bond donors (Lipinski definition) is 2. The van der Waals surface area contributed by atoms with Crippen molar-refractivity contribution >= 4 is 11.8 Å². The minimum Gasteiger partial charge on any atom is -0.497 e. The van der Waals surface area contributed by atoms with Crippen LogP contribution in [0, 0.1) is 0 Å². The Hall–Kier alpha value is -2.57. The molecule has 2 aromatic rings. The Balaban J connectivity index is 1.73. The van der Waals surface area contributed by atoms with Gasteiger partial charge in [-0.1, -0.05) is 6.92 Å². The van der Waals surface area contributed by atoms with Gasteiger partial charge < -0.3 is 20.1 Å². The largest absolute Gasteiger partial charge is 0.497 e. The summed E-state index contributed by atoms with van der Waals surface area (Å²) in [5, 5.41) is 14.1. The smallest absolute Gasteiger partial charge is 0.244 e. The number of benzene rings is 1. The van der Waals surface area contributed by atoms with Gasteiger partial charge in [0.25, 0.3) is 0 Å². The van der Waals surface area contributed by atoms with Gasteiger partial charge in [0.15, 0.2) is 0 Å². The lowest BCUT2D eigenvalue weighted by Gasteiger charge is -2.09. The van der Waals surface area contributed by atoms with Crippen molar-refractivity contribution in [3.63, 3.8) is 0 Å². The molecule has 1 aromatic carbocycles.